The zero-order valence-corrected chi connectivity index (χ0v) is 16.5. The van der Waals surface area contributed by atoms with Gasteiger partial charge in [0.2, 0.25) is 0 Å². The fourth-order valence-corrected chi connectivity index (χ4v) is 3.40. The third-order valence-electron chi connectivity index (χ3n) is 4.96. The van der Waals surface area contributed by atoms with Gasteiger partial charge in [-0.25, -0.2) is 9.50 Å². The van der Waals surface area contributed by atoms with E-state index in [1.165, 1.54) is 0 Å². The molecule has 0 amide bonds. The Balaban J connectivity index is 1.72. The molecule has 0 aliphatic heterocycles. The van der Waals surface area contributed by atoms with Crippen molar-refractivity contribution in [1.29, 1.82) is 0 Å². The minimum absolute atomic E-state index is 0.218. The van der Waals surface area contributed by atoms with Gasteiger partial charge in [-0.2, -0.15) is 15.3 Å². The smallest absolute Gasteiger partial charge is 0.0999 e. The number of hydrogen-bond acceptors (Lipinski definition) is 6. The number of fused-ring (bicyclic) bond motifs is 1. The molecule has 2 atom stereocenters. The maximum atomic E-state index is 9.63. The van der Waals surface area contributed by atoms with Crippen molar-refractivity contribution in [1.82, 2.24) is 34.2 Å². The number of aliphatic hydroxyl groups excluding tert-OH is 2. The van der Waals surface area contributed by atoms with Gasteiger partial charge in [0.05, 0.1) is 60.9 Å². The first-order chi connectivity index (χ1) is 14.1. The lowest BCUT2D eigenvalue weighted by molar-refractivity contribution is 0.0783. The molecule has 0 saturated carbocycles. The molecule has 0 aromatic carbocycles. The van der Waals surface area contributed by atoms with E-state index in [0.717, 1.165) is 40.9 Å². The monoisotopic (exact) mass is 395 g/mol. The second kappa shape index (κ2) is 8.14. The summed E-state index contributed by atoms with van der Waals surface area (Å²) >= 11 is 0. The van der Waals surface area contributed by atoms with Crippen LogP contribution in [0.4, 0.5) is 0 Å². The van der Waals surface area contributed by atoms with Crippen LogP contribution in [0.1, 0.15) is 32.7 Å². The predicted molar refractivity (Wildman–Crippen MR) is 108 cm³/mol. The Hall–Kier alpha value is -3.04. The van der Waals surface area contributed by atoms with Crippen molar-refractivity contribution in [2.45, 2.75) is 45.4 Å². The SMILES string of the molecule is CCC[C@H](C)n1cc(-c2nc(-c3cnn(C[C@H](O)CO)c3)cn3nccc23)cn1. The van der Waals surface area contributed by atoms with E-state index >= 15 is 0 Å². The minimum atomic E-state index is -0.851. The van der Waals surface area contributed by atoms with E-state index < -0.39 is 6.10 Å². The second-order valence-electron chi connectivity index (χ2n) is 7.27. The van der Waals surface area contributed by atoms with E-state index in [1.54, 1.807) is 27.8 Å². The van der Waals surface area contributed by atoms with Gasteiger partial charge in [0.15, 0.2) is 0 Å². The summed E-state index contributed by atoms with van der Waals surface area (Å²) in [6, 6.07) is 2.26. The quantitative estimate of drug-likeness (QED) is 0.474. The number of aromatic nitrogens is 7. The van der Waals surface area contributed by atoms with Crippen LogP contribution < -0.4 is 0 Å². The van der Waals surface area contributed by atoms with Gasteiger partial charge in [0.25, 0.3) is 0 Å². The Morgan fingerprint density at radius 3 is 2.69 bits per heavy atom. The number of rotatable bonds is 8. The van der Waals surface area contributed by atoms with Gasteiger partial charge in [0.1, 0.15) is 0 Å². The minimum Gasteiger partial charge on any atom is -0.394 e. The van der Waals surface area contributed by atoms with Crippen LogP contribution in [0.15, 0.2) is 43.2 Å². The molecule has 9 heteroatoms. The molecule has 0 fully saturated rings. The van der Waals surface area contributed by atoms with Crippen LogP contribution in [0.2, 0.25) is 0 Å². The topological polar surface area (TPSA) is 106 Å². The molecule has 0 saturated heterocycles. The first-order valence-electron chi connectivity index (χ1n) is 9.79. The van der Waals surface area contributed by atoms with Gasteiger partial charge < -0.3 is 10.2 Å². The zero-order chi connectivity index (χ0) is 20.4. The summed E-state index contributed by atoms with van der Waals surface area (Å²) in [6.07, 6.45) is 12.3. The maximum absolute atomic E-state index is 9.63. The van der Waals surface area contributed by atoms with Gasteiger partial charge in [-0.3, -0.25) is 9.36 Å². The molecule has 29 heavy (non-hydrogen) atoms. The normalized spacial score (nSPS) is 13.8. The fraction of sp³-hybridized carbons (Fsp3) is 0.400. The molecule has 152 valence electrons. The van der Waals surface area contributed by atoms with E-state index in [9.17, 15) is 5.11 Å². The first-order valence-corrected chi connectivity index (χ1v) is 9.79. The highest BCUT2D eigenvalue weighted by Crippen LogP contribution is 2.27. The van der Waals surface area contributed by atoms with Crippen molar-refractivity contribution in [3.8, 4) is 22.5 Å². The van der Waals surface area contributed by atoms with E-state index in [4.69, 9.17) is 10.1 Å². The molecule has 0 aliphatic rings. The molecule has 0 bridgehead atoms. The molecule has 0 spiro atoms. The molecule has 9 nitrogen and oxygen atoms in total. The van der Waals surface area contributed by atoms with Crippen molar-refractivity contribution in [2.24, 2.45) is 0 Å². The van der Waals surface area contributed by atoms with E-state index in [2.05, 4.69) is 29.1 Å². The van der Waals surface area contributed by atoms with Crippen LogP contribution in [0.25, 0.3) is 28.0 Å². The van der Waals surface area contributed by atoms with Crippen LogP contribution in [-0.4, -0.2) is 57.1 Å². The highest BCUT2D eigenvalue weighted by atomic mass is 16.3. The lowest BCUT2D eigenvalue weighted by Gasteiger charge is -2.10. The van der Waals surface area contributed by atoms with Crippen molar-refractivity contribution >= 4 is 5.52 Å². The Kier molecular flexibility index (Phi) is 5.41. The van der Waals surface area contributed by atoms with Crippen LogP contribution in [0, 0.1) is 0 Å². The highest BCUT2D eigenvalue weighted by Gasteiger charge is 2.15. The van der Waals surface area contributed by atoms with Gasteiger partial charge in [-0.1, -0.05) is 13.3 Å². The van der Waals surface area contributed by atoms with E-state index in [0.29, 0.717) is 6.04 Å². The molecule has 4 rings (SSSR count). The highest BCUT2D eigenvalue weighted by molar-refractivity contribution is 5.78. The predicted octanol–water partition coefficient (Wildman–Crippen LogP) is 2.17. The van der Waals surface area contributed by atoms with Crippen molar-refractivity contribution in [3.05, 3.63) is 43.2 Å². The number of nitrogens with zero attached hydrogens (tertiary/aromatic N) is 7. The first kappa shape index (κ1) is 19.3. The maximum Gasteiger partial charge on any atom is 0.0999 e. The molecule has 0 aliphatic carbocycles. The Bertz CT molecular complexity index is 1100. The molecule has 4 heterocycles. The van der Waals surface area contributed by atoms with Crippen LogP contribution in [-0.2, 0) is 6.54 Å². The third kappa shape index (κ3) is 3.92. The van der Waals surface area contributed by atoms with E-state index in [1.807, 2.05) is 29.3 Å². The van der Waals surface area contributed by atoms with Gasteiger partial charge >= 0.3 is 0 Å². The lowest BCUT2D eigenvalue weighted by atomic mass is 10.2. The summed E-state index contributed by atoms with van der Waals surface area (Å²) in [7, 11) is 0. The van der Waals surface area contributed by atoms with Gasteiger partial charge in [-0.15, -0.1) is 0 Å². The summed E-state index contributed by atoms with van der Waals surface area (Å²) in [6.45, 7) is 4.24. The molecule has 2 N–H and O–H groups in total. The summed E-state index contributed by atoms with van der Waals surface area (Å²) in [4.78, 5) is 4.87. The Labute approximate surface area is 168 Å². The summed E-state index contributed by atoms with van der Waals surface area (Å²) in [5, 5.41) is 31.8. The average Bonchev–Trinajstić information content (AvgIpc) is 3.47. The van der Waals surface area contributed by atoms with Crippen molar-refractivity contribution in [2.75, 3.05) is 6.61 Å². The van der Waals surface area contributed by atoms with Gasteiger partial charge in [-0.05, 0) is 19.4 Å². The summed E-state index contributed by atoms with van der Waals surface area (Å²) in [5.41, 5.74) is 4.16. The summed E-state index contributed by atoms with van der Waals surface area (Å²) < 4.78 is 5.37. The van der Waals surface area contributed by atoms with Crippen LogP contribution in [0.5, 0.6) is 0 Å². The molecular formula is C20H25N7O2. The van der Waals surface area contributed by atoms with Gasteiger partial charge in [0, 0.05) is 29.6 Å². The fourth-order valence-electron chi connectivity index (χ4n) is 3.40. The van der Waals surface area contributed by atoms with Crippen molar-refractivity contribution < 1.29 is 10.2 Å². The third-order valence-corrected chi connectivity index (χ3v) is 4.96. The number of hydrogen-bond donors (Lipinski definition) is 2. The largest absolute Gasteiger partial charge is 0.394 e. The van der Waals surface area contributed by atoms with Crippen molar-refractivity contribution in [3.63, 3.8) is 0 Å². The van der Waals surface area contributed by atoms with E-state index in [-0.39, 0.29) is 13.2 Å². The molecule has 4 aromatic rings. The Morgan fingerprint density at radius 2 is 1.90 bits per heavy atom. The average molecular weight is 395 g/mol. The van der Waals surface area contributed by atoms with Crippen LogP contribution >= 0.6 is 0 Å². The standard InChI is InChI=1S/C20H25N7O2/c1-3-4-14(2)26-10-16(8-23-26)20-19-5-6-21-27(19)12-18(24-20)15-7-22-25(9-15)11-17(29)13-28/h5-10,12,14,17,28-29H,3-4,11,13H2,1-2H3/t14-,17-/m0/s1. The lowest BCUT2D eigenvalue weighted by Crippen LogP contribution is -2.19. The zero-order valence-electron chi connectivity index (χ0n) is 16.5. The molecule has 0 radical (unpaired) electrons. The summed E-state index contributed by atoms with van der Waals surface area (Å²) in [5.74, 6) is 0. The second-order valence-corrected chi connectivity index (χ2v) is 7.27. The molecule has 4 aromatic heterocycles. The Morgan fingerprint density at radius 1 is 1.07 bits per heavy atom. The number of aliphatic hydroxyl groups is 2. The van der Waals surface area contributed by atoms with Crippen LogP contribution in [0.3, 0.4) is 0 Å². The molecule has 0 unspecified atom stereocenters. The molecular weight excluding hydrogens is 370 g/mol.